The predicted molar refractivity (Wildman–Crippen MR) is 79.3 cm³/mol. The van der Waals surface area contributed by atoms with E-state index >= 15 is 0 Å². The molecule has 0 bridgehead atoms. The van der Waals surface area contributed by atoms with Crippen LogP contribution in [0.4, 0.5) is 0 Å². The van der Waals surface area contributed by atoms with Gasteiger partial charge in [-0.3, -0.25) is 9.48 Å². The van der Waals surface area contributed by atoms with Crippen molar-refractivity contribution in [1.29, 1.82) is 0 Å². The number of ether oxygens (including phenoxy) is 1. The number of hydrogen-bond acceptors (Lipinski definition) is 3. The maximum Gasteiger partial charge on any atom is 0.270 e. The number of carbonyl (C=O) groups is 1. The number of nitrogens with one attached hydrogen (secondary N) is 1. The fraction of sp³-hybridized carbons (Fsp3) is 0.375. The highest BCUT2D eigenvalue weighted by Crippen LogP contribution is 2.31. The van der Waals surface area contributed by atoms with Crippen LogP contribution >= 0.6 is 0 Å². The second-order valence-corrected chi connectivity index (χ2v) is 5.35. The summed E-state index contributed by atoms with van der Waals surface area (Å²) in [6, 6.07) is 9.67. The van der Waals surface area contributed by atoms with Crippen LogP contribution in [0.2, 0.25) is 0 Å². The lowest BCUT2D eigenvalue weighted by Crippen LogP contribution is -2.29. The third kappa shape index (κ3) is 2.77. The molecule has 2 aromatic rings. The lowest BCUT2D eigenvalue weighted by molar-refractivity contribution is 0.0925. The summed E-state index contributed by atoms with van der Waals surface area (Å²) in [7, 11) is 1.78. The van der Waals surface area contributed by atoms with Gasteiger partial charge in [-0.25, -0.2) is 0 Å². The van der Waals surface area contributed by atoms with Gasteiger partial charge < -0.3 is 10.1 Å². The van der Waals surface area contributed by atoms with E-state index < -0.39 is 0 Å². The number of aryl methyl sites for hydroxylation is 2. The van der Waals surface area contributed by atoms with Gasteiger partial charge in [0, 0.05) is 12.6 Å². The zero-order chi connectivity index (χ0) is 14.8. The van der Waals surface area contributed by atoms with Crippen molar-refractivity contribution in [1.82, 2.24) is 15.1 Å². The first-order valence-electron chi connectivity index (χ1n) is 7.18. The smallest absolute Gasteiger partial charge is 0.270 e. The Morgan fingerprint density at radius 2 is 2.24 bits per heavy atom. The third-order valence-electron chi connectivity index (χ3n) is 3.73. The van der Waals surface area contributed by atoms with Crippen LogP contribution in [-0.2, 0) is 7.05 Å². The van der Waals surface area contributed by atoms with Gasteiger partial charge in [0.15, 0.2) is 0 Å². The summed E-state index contributed by atoms with van der Waals surface area (Å²) in [5, 5.41) is 7.32. The van der Waals surface area contributed by atoms with Crippen molar-refractivity contribution in [3.05, 3.63) is 47.3 Å². The van der Waals surface area contributed by atoms with Crippen molar-refractivity contribution in [2.45, 2.75) is 25.8 Å². The average molecular weight is 285 g/mol. The highest BCUT2D eigenvalue weighted by molar-refractivity contribution is 5.93. The molecule has 1 amide bonds. The second-order valence-electron chi connectivity index (χ2n) is 5.35. The first kappa shape index (κ1) is 13.7. The molecular weight excluding hydrogens is 266 g/mol. The zero-order valence-corrected chi connectivity index (χ0v) is 12.3. The molecule has 0 saturated carbocycles. The SMILES string of the molecule is Cc1cc(C(=O)N[C@H]2CCCOc3ccccc32)n(C)n1. The van der Waals surface area contributed by atoms with E-state index in [0.29, 0.717) is 12.3 Å². The Hall–Kier alpha value is -2.30. The maximum atomic E-state index is 12.5. The van der Waals surface area contributed by atoms with Gasteiger partial charge in [0.1, 0.15) is 11.4 Å². The van der Waals surface area contributed by atoms with E-state index in [9.17, 15) is 4.79 Å². The van der Waals surface area contributed by atoms with Gasteiger partial charge in [0.25, 0.3) is 5.91 Å². The van der Waals surface area contributed by atoms with E-state index in [1.807, 2.05) is 31.2 Å². The number of rotatable bonds is 2. The Morgan fingerprint density at radius 1 is 1.43 bits per heavy atom. The molecule has 21 heavy (non-hydrogen) atoms. The number of benzene rings is 1. The van der Waals surface area contributed by atoms with Gasteiger partial charge in [-0.15, -0.1) is 0 Å². The number of hydrogen-bond donors (Lipinski definition) is 1. The number of nitrogens with zero attached hydrogens (tertiary/aromatic N) is 2. The summed E-state index contributed by atoms with van der Waals surface area (Å²) in [4.78, 5) is 12.5. The summed E-state index contributed by atoms with van der Waals surface area (Å²) < 4.78 is 7.34. The summed E-state index contributed by atoms with van der Waals surface area (Å²) in [5.41, 5.74) is 2.46. The van der Waals surface area contributed by atoms with Crippen molar-refractivity contribution >= 4 is 5.91 Å². The van der Waals surface area contributed by atoms with E-state index in [4.69, 9.17) is 4.74 Å². The first-order valence-corrected chi connectivity index (χ1v) is 7.18. The van der Waals surface area contributed by atoms with E-state index in [1.54, 1.807) is 17.8 Å². The molecule has 0 fully saturated rings. The van der Waals surface area contributed by atoms with Gasteiger partial charge in [-0.2, -0.15) is 5.10 Å². The lowest BCUT2D eigenvalue weighted by Gasteiger charge is -2.18. The summed E-state index contributed by atoms with van der Waals surface area (Å²) in [5.74, 6) is 0.765. The van der Waals surface area contributed by atoms with Crippen molar-refractivity contribution in [3.8, 4) is 5.75 Å². The minimum absolute atomic E-state index is 0.0218. The molecule has 0 unspecified atom stereocenters. The van der Waals surface area contributed by atoms with Crippen LogP contribution in [0.3, 0.4) is 0 Å². The molecule has 1 aliphatic rings. The second kappa shape index (κ2) is 5.60. The minimum Gasteiger partial charge on any atom is -0.493 e. The molecule has 0 aliphatic carbocycles. The topological polar surface area (TPSA) is 56.1 Å². The molecule has 5 heteroatoms. The monoisotopic (exact) mass is 285 g/mol. The molecule has 0 radical (unpaired) electrons. The van der Waals surface area contributed by atoms with E-state index in [2.05, 4.69) is 10.4 Å². The minimum atomic E-state index is -0.0974. The highest BCUT2D eigenvalue weighted by atomic mass is 16.5. The van der Waals surface area contributed by atoms with Gasteiger partial charge >= 0.3 is 0 Å². The molecule has 3 rings (SSSR count). The van der Waals surface area contributed by atoms with Gasteiger partial charge in [-0.1, -0.05) is 18.2 Å². The van der Waals surface area contributed by atoms with Crippen LogP contribution in [0.15, 0.2) is 30.3 Å². The molecule has 1 aromatic carbocycles. The van der Waals surface area contributed by atoms with E-state index in [1.165, 1.54) is 0 Å². The third-order valence-corrected chi connectivity index (χ3v) is 3.73. The van der Waals surface area contributed by atoms with Crippen molar-refractivity contribution in [3.63, 3.8) is 0 Å². The van der Waals surface area contributed by atoms with Crippen LogP contribution in [-0.4, -0.2) is 22.3 Å². The summed E-state index contributed by atoms with van der Waals surface area (Å²) >= 11 is 0. The fourth-order valence-corrected chi connectivity index (χ4v) is 2.73. The quantitative estimate of drug-likeness (QED) is 0.921. The molecule has 5 nitrogen and oxygen atoms in total. The van der Waals surface area contributed by atoms with Crippen molar-refractivity contribution in [2.24, 2.45) is 7.05 Å². The highest BCUT2D eigenvalue weighted by Gasteiger charge is 2.22. The maximum absolute atomic E-state index is 12.5. The summed E-state index contributed by atoms with van der Waals surface area (Å²) in [6.45, 7) is 2.57. The number of carbonyl (C=O) groups excluding carboxylic acids is 1. The molecule has 0 spiro atoms. The predicted octanol–water partition coefficient (Wildman–Crippen LogP) is 2.37. The van der Waals surface area contributed by atoms with Crippen LogP contribution in [0.25, 0.3) is 0 Å². The van der Waals surface area contributed by atoms with Gasteiger partial charge in [0.05, 0.1) is 18.3 Å². The zero-order valence-electron chi connectivity index (χ0n) is 12.3. The molecule has 1 atom stereocenters. The van der Waals surface area contributed by atoms with Crippen LogP contribution in [0, 0.1) is 6.92 Å². The fourth-order valence-electron chi connectivity index (χ4n) is 2.73. The number of amides is 1. The Morgan fingerprint density at radius 3 is 3.00 bits per heavy atom. The average Bonchev–Trinajstić information content (AvgIpc) is 2.69. The first-order chi connectivity index (χ1) is 10.1. The largest absolute Gasteiger partial charge is 0.493 e. The van der Waals surface area contributed by atoms with Crippen molar-refractivity contribution in [2.75, 3.05) is 6.61 Å². The Bertz CT molecular complexity index is 663. The van der Waals surface area contributed by atoms with Crippen LogP contribution < -0.4 is 10.1 Å². The van der Waals surface area contributed by atoms with Crippen molar-refractivity contribution < 1.29 is 9.53 Å². The molecule has 2 heterocycles. The molecular formula is C16H19N3O2. The van der Waals surface area contributed by atoms with Gasteiger partial charge in [0.2, 0.25) is 0 Å². The molecule has 110 valence electrons. The Labute approximate surface area is 123 Å². The Kier molecular flexibility index (Phi) is 3.64. The van der Waals surface area contributed by atoms with Crippen LogP contribution in [0.1, 0.15) is 40.6 Å². The lowest BCUT2D eigenvalue weighted by atomic mass is 10.0. The standard InChI is InChI=1S/C16H19N3O2/c1-11-10-14(19(2)18-11)16(20)17-13-7-5-9-21-15-8-4-3-6-12(13)15/h3-4,6,8,10,13H,5,7,9H2,1-2H3,(H,17,20)/t13-/m0/s1. The molecule has 1 N–H and O–H groups in total. The van der Waals surface area contributed by atoms with Crippen LogP contribution in [0.5, 0.6) is 5.75 Å². The van der Waals surface area contributed by atoms with Gasteiger partial charge in [-0.05, 0) is 31.9 Å². The number of aromatic nitrogens is 2. The van der Waals surface area contributed by atoms with E-state index in [-0.39, 0.29) is 11.9 Å². The molecule has 0 saturated heterocycles. The number of para-hydroxylation sites is 1. The molecule has 1 aliphatic heterocycles. The summed E-state index contributed by atoms with van der Waals surface area (Å²) in [6.07, 6.45) is 1.80. The van der Waals surface area contributed by atoms with E-state index in [0.717, 1.165) is 29.8 Å². The molecule has 1 aromatic heterocycles. The number of fused-ring (bicyclic) bond motifs is 1. The normalized spacial score (nSPS) is 17.5. The Balaban J connectivity index is 1.84.